The highest BCUT2D eigenvalue weighted by Gasteiger charge is 2.01. The van der Waals surface area contributed by atoms with E-state index >= 15 is 0 Å². The molecule has 1 aromatic carbocycles. The summed E-state index contributed by atoms with van der Waals surface area (Å²) in [5, 5.41) is 7.68. The van der Waals surface area contributed by atoms with Gasteiger partial charge < -0.3 is 0 Å². The van der Waals surface area contributed by atoms with E-state index < -0.39 is 0 Å². The van der Waals surface area contributed by atoms with Gasteiger partial charge in [-0.3, -0.25) is 0 Å². The quantitative estimate of drug-likeness (QED) is 0.780. The first-order chi connectivity index (χ1) is 6.75. The molecule has 0 N–H and O–H groups in total. The van der Waals surface area contributed by atoms with Crippen LogP contribution in [-0.4, -0.2) is 10.2 Å². The van der Waals surface area contributed by atoms with Crippen LogP contribution < -0.4 is 0 Å². The molecule has 0 aliphatic carbocycles. The lowest BCUT2D eigenvalue weighted by atomic mass is 10.1. The monoisotopic (exact) mass is 252 g/mol. The first-order valence-electron chi connectivity index (χ1n) is 4.00. The third kappa shape index (κ3) is 1.96. The van der Waals surface area contributed by atoms with Crippen molar-refractivity contribution in [2.45, 2.75) is 0 Å². The largest absolute Gasteiger partial charge is 0.207 e. The molecule has 0 radical (unpaired) electrons. The summed E-state index contributed by atoms with van der Waals surface area (Å²) in [5.41, 5.74) is 1.37. The minimum Gasteiger partial charge on any atom is -0.207 e. The highest BCUT2D eigenvalue weighted by molar-refractivity contribution is 9.10. The van der Waals surface area contributed by atoms with Crippen molar-refractivity contribution in [1.82, 2.24) is 10.2 Å². The van der Waals surface area contributed by atoms with Crippen LogP contribution in [0.5, 0.6) is 0 Å². The summed E-state index contributed by atoms with van der Waals surface area (Å²) in [7, 11) is 0. The average molecular weight is 253 g/mol. The molecule has 0 saturated carbocycles. The molecular weight excluding hydrogens is 247 g/mol. The first-order valence-corrected chi connectivity index (χ1v) is 4.79. The molecule has 2 aromatic rings. The summed E-state index contributed by atoms with van der Waals surface area (Å²) in [6, 6.07) is 8.06. The molecule has 2 nitrogen and oxygen atoms in total. The Morgan fingerprint density at radius 2 is 2.07 bits per heavy atom. The molecule has 1 heterocycles. The molecule has 0 aliphatic heterocycles. The maximum Gasteiger partial charge on any atom is 0.123 e. The van der Waals surface area contributed by atoms with Gasteiger partial charge in [0.25, 0.3) is 0 Å². The van der Waals surface area contributed by atoms with Crippen molar-refractivity contribution in [1.29, 1.82) is 0 Å². The Hall–Kier alpha value is -1.29. The highest BCUT2D eigenvalue weighted by Crippen LogP contribution is 2.19. The van der Waals surface area contributed by atoms with Crippen LogP contribution in [0.25, 0.3) is 11.3 Å². The van der Waals surface area contributed by atoms with Crippen LogP contribution in [0.1, 0.15) is 0 Å². The minimum atomic E-state index is -0.274. The number of hydrogen-bond acceptors (Lipinski definition) is 2. The van der Waals surface area contributed by atoms with Crippen LogP contribution >= 0.6 is 15.9 Å². The average Bonchev–Trinajstić information content (AvgIpc) is 2.18. The SMILES string of the molecule is Fc1cccc(-c2cc(Br)cnn2)c1. The maximum atomic E-state index is 12.9. The summed E-state index contributed by atoms with van der Waals surface area (Å²) in [6.07, 6.45) is 1.59. The minimum absolute atomic E-state index is 0.274. The third-order valence-corrected chi connectivity index (χ3v) is 2.18. The molecule has 4 heteroatoms. The second-order valence-electron chi connectivity index (χ2n) is 2.77. The van der Waals surface area contributed by atoms with Gasteiger partial charge in [-0.15, -0.1) is 0 Å². The molecule has 2 rings (SSSR count). The predicted octanol–water partition coefficient (Wildman–Crippen LogP) is 3.05. The van der Waals surface area contributed by atoms with Gasteiger partial charge in [0.1, 0.15) is 5.82 Å². The summed E-state index contributed by atoms with van der Waals surface area (Å²) in [4.78, 5) is 0. The number of rotatable bonds is 1. The second kappa shape index (κ2) is 3.84. The van der Waals surface area contributed by atoms with Gasteiger partial charge in [0, 0.05) is 10.0 Å². The van der Waals surface area contributed by atoms with Crippen molar-refractivity contribution in [2.24, 2.45) is 0 Å². The number of aromatic nitrogens is 2. The lowest BCUT2D eigenvalue weighted by molar-refractivity contribution is 0.628. The zero-order valence-corrected chi connectivity index (χ0v) is 8.70. The number of nitrogens with zero attached hydrogens (tertiary/aromatic N) is 2. The fourth-order valence-corrected chi connectivity index (χ4v) is 1.44. The summed E-state index contributed by atoms with van der Waals surface area (Å²) in [5.74, 6) is -0.274. The Balaban J connectivity index is 2.49. The van der Waals surface area contributed by atoms with Gasteiger partial charge in [0.05, 0.1) is 11.9 Å². The van der Waals surface area contributed by atoms with Gasteiger partial charge in [-0.25, -0.2) is 4.39 Å². The molecule has 1 aromatic heterocycles. The molecule has 0 aliphatic rings. The lowest BCUT2D eigenvalue weighted by Gasteiger charge is -1.99. The van der Waals surface area contributed by atoms with Gasteiger partial charge in [0.15, 0.2) is 0 Å². The van der Waals surface area contributed by atoms with Gasteiger partial charge in [-0.1, -0.05) is 12.1 Å². The molecule has 0 fully saturated rings. The van der Waals surface area contributed by atoms with E-state index in [0.717, 1.165) is 10.0 Å². The van der Waals surface area contributed by atoms with E-state index in [9.17, 15) is 4.39 Å². The van der Waals surface area contributed by atoms with Crippen LogP contribution in [0, 0.1) is 5.82 Å². The van der Waals surface area contributed by atoms with Crippen LogP contribution in [0.2, 0.25) is 0 Å². The zero-order valence-electron chi connectivity index (χ0n) is 7.11. The fourth-order valence-electron chi connectivity index (χ4n) is 1.13. The first kappa shape index (κ1) is 9.27. The van der Waals surface area contributed by atoms with Crippen molar-refractivity contribution in [3.05, 3.63) is 46.8 Å². The van der Waals surface area contributed by atoms with Crippen LogP contribution in [0.3, 0.4) is 0 Å². The van der Waals surface area contributed by atoms with Gasteiger partial charge in [0.2, 0.25) is 0 Å². The van der Waals surface area contributed by atoms with E-state index in [-0.39, 0.29) is 5.82 Å². The Labute approximate surface area is 88.9 Å². The van der Waals surface area contributed by atoms with Gasteiger partial charge in [-0.2, -0.15) is 10.2 Å². The van der Waals surface area contributed by atoms with E-state index in [0.29, 0.717) is 5.69 Å². The van der Waals surface area contributed by atoms with Crippen molar-refractivity contribution < 1.29 is 4.39 Å². The maximum absolute atomic E-state index is 12.9. The van der Waals surface area contributed by atoms with E-state index in [1.165, 1.54) is 12.1 Å². The Morgan fingerprint density at radius 3 is 2.79 bits per heavy atom. The molecule has 0 atom stereocenters. The van der Waals surface area contributed by atoms with Crippen LogP contribution in [0.15, 0.2) is 41.0 Å². The van der Waals surface area contributed by atoms with Gasteiger partial charge >= 0.3 is 0 Å². The number of hydrogen-bond donors (Lipinski definition) is 0. The van der Waals surface area contributed by atoms with Gasteiger partial charge in [-0.05, 0) is 34.1 Å². The number of halogens is 2. The topological polar surface area (TPSA) is 25.8 Å². The normalized spacial score (nSPS) is 10.1. The second-order valence-corrected chi connectivity index (χ2v) is 3.69. The van der Waals surface area contributed by atoms with E-state index in [2.05, 4.69) is 26.1 Å². The molecule has 14 heavy (non-hydrogen) atoms. The van der Waals surface area contributed by atoms with E-state index in [1.807, 2.05) is 0 Å². The van der Waals surface area contributed by atoms with Crippen molar-refractivity contribution in [3.8, 4) is 11.3 Å². The standard InChI is InChI=1S/C10H6BrFN2/c11-8-5-10(14-13-6-8)7-2-1-3-9(12)4-7/h1-6H. The molecule has 70 valence electrons. The van der Waals surface area contributed by atoms with E-state index in [4.69, 9.17) is 0 Å². The summed E-state index contributed by atoms with van der Waals surface area (Å²) >= 11 is 3.28. The van der Waals surface area contributed by atoms with Crippen molar-refractivity contribution in [2.75, 3.05) is 0 Å². The molecule has 0 bridgehead atoms. The fraction of sp³-hybridized carbons (Fsp3) is 0. The third-order valence-electron chi connectivity index (χ3n) is 1.74. The molecule has 0 unspecified atom stereocenters. The smallest absolute Gasteiger partial charge is 0.123 e. The van der Waals surface area contributed by atoms with Crippen molar-refractivity contribution in [3.63, 3.8) is 0 Å². The number of benzene rings is 1. The molecular formula is C10H6BrFN2. The van der Waals surface area contributed by atoms with Crippen LogP contribution in [0.4, 0.5) is 4.39 Å². The Kier molecular flexibility index (Phi) is 2.54. The highest BCUT2D eigenvalue weighted by atomic mass is 79.9. The van der Waals surface area contributed by atoms with Crippen molar-refractivity contribution >= 4 is 15.9 Å². The molecule has 0 amide bonds. The lowest BCUT2D eigenvalue weighted by Crippen LogP contribution is -1.87. The van der Waals surface area contributed by atoms with Crippen LogP contribution in [-0.2, 0) is 0 Å². The molecule has 0 spiro atoms. The Morgan fingerprint density at radius 1 is 1.21 bits per heavy atom. The zero-order chi connectivity index (χ0) is 9.97. The Bertz CT molecular complexity index is 416. The van der Waals surface area contributed by atoms with E-state index in [1.54, 1.807) is 24.4 Å². The summed E-state index contributed by atoms with van der Waals surface area (Å²) in [6.45, 7) is 0. The predicted molar refractivity (Wildman–Crippen MR) is 55.1 cm³/mol. The summed E-state index contributed by atoms with van der Waals surface area (Å²) < 4.78 is 13.7. The molecule has 0 saturated heterocycles.